The van der Waals surface area contributed by atoms with Crippen molar-refractivity contribution in [2.24, 2.45) is 0 Å². The maximum atomic E-state index is 13.0. The number of nitrogens with zero attached hydrogens (tertiary/aromatic N) is 2. The van der Waals surface area contributed by atoms with E-state index in [1.807, 2.05) is 4.90 Å². The van der Waals surface area contributed by atoms with Crippen LogP contribution in [0, 0.1) is 5.82 Å². The van der Waals surface area contributed by atoms with Gasteiger partial charge in [-0.15, -0.1) is 6.58 Å². The first-order valence-corrected chi connectivity index (χ1v) is 8.30. The highest BCUT2D eigenvalue weighted by atomic mass is 19.1. The van der Waals surface area contributed by atoms with Gasteiger partial charge in [0.2, 0.25) is 0 Å². The van der Waals surface area contributed by atoms with Crippen LogP contribution in [0.15, 0.2) is 36.9 Å². The smallest absolute Gasteiger partial charge is 0.323 e. The number of nitrogens with one attached hydrogen (secondary N) is 1. The number of esters is 1. The van der Waals surface area contributed by atoms with Crippen molar-refractivity contribution < 1.29 is 18.7 Å². The van der Waals surface area contributed by atoms with E-state index in [1.165, 1.54) is 12.1 Å². The summed E-state index contributed by atoms with van der Waals surface area (Å²) in [4.78, 5) is 27.7. The predicted octanol–water partition coefficient (Wildman–Crippen LogP) is 1.18. The number of ether oxygens (including phenoxy) is 1. The minimum Gasteiger partial charge on any atom is -0.454 e. The summed E-state index contributed by atoms with van der Waals surface area (Å²) in [5, 5.41) is 2.55. The van der Waals surface area contributed by atoms with Gasteiger partial charge in [-0.05, 0) is 31.2 Å². The zero-order valence-corrected chi connectivity index (χ0v) is 14.4. The molecular formula is C18H24FN3O3. The molecule has 1 aromatic rings. The molecule has 6 nitrogen and oxygen atoms in total. The maximum Gasteiger partial charge on any atom is 0.323 e. The third-order valence-electron chi connectivity index (χ3n) is 4.18. The van der Waals surface area contributed by atoms with Crippen molar-refractivity contribution in [2.45, 2.75) is 13.0 Å². The molecule has 1 amide bonds. The second kappa shape index (κ2) is 9.17. The summed E-state index contributed by atoms with van der Waals surface area (Å²) in [5.41, 5.74) is 0.968. The van der Waals surface area contributed by atoms with E-state index < -0.39 is 12.0 Å². The third-order valence-corrected chi connectivity index (χ3v) is 4.18. The Morgan fingerprint density at radius 1 is 1.28 bits per heavy atom. The summed E-state index contributed by atoms with van der Waals surface area (Å²) in [5.74, 6) is -1.01. The van der Waals surface area contributed by atoms with Gasteiger partial charge in [-0.1, -0.05) is 6.08 Å². The Labute approximate surface area is 147 Å². The van der Waals surface area contributed by atoms with Crippen LogP contribution in [0.4, 0.5) is 10.1 Å². The molecule has 1 aliphatic rings. The fourth-order valence-corrected chi connectivity index (χ4v) is 2.66. The maximum absolute atomic E-state index is 13.0. The molecule has 1 saturated heterocycles. The first-order chi connectivity index (χ1) is 12.0. The summed E-state index contributed by atoms with van der Waals surface area (Å²) >= 11 is 0. The molecule has 1 aliphatic heterocycles. The zero-order chi connectivity index (χ0) is 18.2. The number of anilines is 1. The van der Waals surface area contributed by atoms with E-state index in [0.717, 1.165) is 18.8 Å². The van der Waals surface area contributed by atoms with Crippen LogP contribution in [-0.4, -0.2) is 62.1 Å². The van der Waals surface area contributed by atoms with E-state index >= 15 is 0 Å². The van der Waals surface area contributed by atoms with Crippen LogP contribution in [0.25, 0.3) is 0 Å². The summed E-state index contributed by atoms with van der Waals surface area (Å²) in [6.07, 6.45) is 1.56. The van der Waals surface area contributed by atoms with Crippen LogP contribution in [0.1, 0.15) is 6.92 Å². The van der Waals surface area contributed by atoms with Crippen molar-refractivity contribution in [3.8, 4) is 0 Å². The average Bonchev–Trinajstić information content (AvgIpc) is 2.64. The minimum atomic E-state index is -0.414. The molecule has 1 unspecified atom stereocenters. The van der Waals surface area contributed by atoms with Crippen molar-refractivity contribution in [1.29, 1.82) is 0 Å². The standard InChI is InChI=1S/C18H24FN3O3/c1-3-8-20-17(23)13-25-18(24)14(2)21-9-11-22(12-10-21)16-6-4-15(19)5-7-16/h3-7,14H,1,8-13H2,2H3,(H,20,23). The Hall–Kier alpha value is -2.41. The second-order valence-electron chi connectivity index (χ2n) is 5.88. The van der Waals surface area contributed by atoms with Crippen LogP contribution in [0.2, 0.25) is 0 Å². The lowest BCUT2D eigenvalue weighted by Gasteiger charge is -2.38. The monoisotopic (exact) mass is 349 g/mol. The number of halogens is 1. The highest BCUT2D eigenvalue weighted by molar-refractivity contribution is 5.82. The van der Waals surface area contributed by atoms with Crippen LogP contribution >= 0.6 is 0 Å². The number of carbonyl (C=O) groups excluding carboxylic acids is 2. The van der Waals surface area contributed by atoms with Gasteiger partial charge < -0.3 is 15.0 Å². The first kappa shape index (κ1) is 18.9. The van der Waals surface area contributed by atoms with Crippen molar-refractivity contribution in [1.82, 2.24) is 10.2 Å². The molecule has 1 atom stereocenters. The largest absolute Gasteiger partial charge is 0.454 e. The van der Waals surface area contributed by atoms with Crippen LogP contribution in [0.5, 0.6) is 0 Å². The number of hydrogen-bond donors (Lipinski definition) is 1. The fraction of sp³-hybridized carbons (Fsp3) is 0.444. The van der Waals surface area contributed by atoms with E-state index in [0.29, 0.717) is 19.6 Å². The molecule has 1 aromatic carbocycles. The molecule has 7 heteroatoms. The molecular weight excluding hydrogens is 325 g/mol. The number of hydrogen-bond acceptors (Lipinski definition) is 5. The summed E-state index contributed by atoms with van der Waals surface area (Å²) in [7, 11) is 0. The lowest BCUT2D eigenvalue weighted by Crippen LogP contribution is -2.52. The second-order valence-corrected chi connectivity index (χ2v) is 5.88. The lowest BCUT2D eigenvalue weighted by molar-refractivity contribution is -0.153. The van der Waals surface area contributed by atoms with Crippen LogP contribution < -0.4 is 10.2 Å². The average molecular weight is 349 g/mol. The summed E-state index contributed by atoms with van der Waals surface area (Å²) in [6, 6.07) is 5.98. The number of carbonyl (C=O) groups is 2. The van der Waals surface area contributed by atoms with Crippen molar-refractivity contribution in [2.75, 3.05) is 44.2 Å². The molecule has 0 saturated carbocycles. The molecule has 0 aromatic heterocycles. The van der Waals surface area contributed by atoms with Gasteiger partial charge in [0.25, 0.3) is 5.91 Å². The van der Waals surface area contributed by atoms with Gasteiger partial charge >= 0.3 is 5.97 Å². The van der Waals surface area contributed by atoms with Crippen molar-refractivity contribution in [3.63, 3.8) is 0 Å². The quantitative estimate of drug-likeness (QED) is 0.592. The fourth-order valence-electron chi connectivity index (χ4n) is 2.66. The molecule has 1 fully saturated rings. The Balaban J connectivity index is 1.77. The first-order valence-electron chi connectivity index (χ1n) is 8.30. The summed E-state index contributed by atoms with van der Waals surface area (Å²) in [6.45, 7) is 8.19. The highest BCUT2D eigenvalue weighted by Crippen LogP contribution is 2.18. The minimum absolute atomic E-state index is 0.254. The molecule has 2 rings (SSSR count). The van der Waals surface area contributed by atoms with Gasteiger partial charge in [0, 0.05) is 38.4 Å². The Kier molecular flexibility index (Phi) is 6.94. The number of amides is 1. The van der Waals surface area contributed by atoms with Gasteiger partial charge in [-0.25, -0.2) is 4.39 Å². The van der Waals surface area contributed by atoms with Gasteiger partial charge in [-0.2, -0.15) is 0 Å². The summed E-state index contributed by atoms with van der Waals surface area (Å²) < 4.78 is 18.1. The third kappa shape index (κ3) is 5.56. The zero-order valence-electron chi connectivity index (χ0n) is 14.4. The van der Waals surface area contributed by atoms with Gasteiger partial charge in [0.1, 0.15) is 11.9 Å². The van der Waals surface area contributed by atoms with Gasteiger partial charge in [0.05, 0.1) is 0 Å². The van der Waals surface area contributed by atoms with E-state index in [1.54, 1.807) is 25.1 Å². The van der Waals surface area contributed by atoms with Crippen molar-refractivity contribution in [3.05, 3.63) is 42.7 Å². The number of rotatable bonds is 7. The normalized spacial score (nSPS) is 16.2. The lowest BCUT2D eigenvalue weighted by atomic mass is 10.2. The van der Waals surface area contributed by atoms with E-state index in [2.05, 4.69) is 16.8 Å². The molecule has 136 valence electrons. The van der Waals surface area contributed by atoms with Crippen molar-refractivity contribution >= 4 is 17.6 Å². The molecule has 0 radical (unpaired) electrons. The van der Waals surface area contributed by atoms with Gasteiger partial charge in [-0.3, -0.25) is 14.5 Å². The molecule has 25 heavy (non-hydrogen) atoms. The van der Waals surface area contributed by atoms with E-state index in [9.17, 15) is 14.0 Å². The van der Waals surface area contributed by atoms with Crippen LogP contribution in [0.3, 0.4) is 0 Å². The van der Waals surface area contributed by atoms with E-state index in [-0.39, 0.29) is 18.3 Å². The number of benzene rings is 1. The van der Waals surface area contributed by atoms with Crippen LogP contribution in [-0.2, 0) is 14.3 Å². The van der Waals surface area contributed by atoms with Gasteiger partial charge in [0.15, 0.2) is 6.61 Å². The Morgan fingerprint density at radius 2 is 1.92 bits per heavy atom. The highest BCUT2D eigenvalue weighted by Gasteiger charge is 2.27. The molecule has 1 N–H and O–H groups in total. The molecule has 0 spiro atoms. The topological polar surface area (TPSA) is 61.9 Å². The number of piperazine rings is 1. The predicted molar refractivity (Wildman–Crippen MR) is 93.8 cm³/mol. The SMILES string of the molecule is C=CCNC(=O)COC(=O)C(C)N1CCN(c2ccc(F)cc2)CC1. The van der Waals surface area contributed by atoms with E-state index in [4.69, 9.17) is 4.74 Å². The molecule has 0 aliphatic carbocycles. The Morgan fingerprint density at radius 3 is 2.52 bits per heavy atom. The molecule has 1 heterocycles. The Bertz CT molecular complexity index is 598. The molecule has 0 bridgehead atoms.